The molecule has 0 saturated carbocycles. The summed E-state index contributed by atoms with van der Waals surface area (Å²) in [4.78, 5) is 17.1. The van der Waals surface area contributed by atoms with E-state index < -0.39 is 0 Å². The lowest BCUT2D eigenvalue weighted by atomic mass is 10.0. The SMILES string of the molecule is O=C(c1cccs1)c1[nH]c(-c2ccccc2)c(Br)c1-c1ccccc1. The maximum Gasteiger partial charge on any atom is 0.219 e. The zero-order chi connectivity index (χ0) is 17.2. The van der Waals surface area contributed by atoms with Crippen molar-refractivity contribution in [1.29, 1.82) is 0 Å². The Labute approximate surface area is 158 Å². The Morgan fingerprint density at radius 3 is 2.08 bits per heavy atom. The molecule has 0 unspecified atom stereocenters. The first kappa shape index (κ1) is 16.1. The van der Waals surface area contributed by atoms with E-state index in [4.69, 9.17) is 0 Å². The first-order chi connectivity index (χ1) is 12.3. The number of halogens is 1. The van der Waals surface area contributed by atoms with Crippen LogP contribution in [0, 0.1) is 0 Å². The average Bonchev–Trinajstić information content (AvgIpc) is 3.31. The van der Waals surface area contributed by atoms with Crippen LogP contribution in [0.15, 0.2) is 82.6 Å². The molecule has 0 bridgehead atoms. The van der Waals surface area contributed by atoms with Crippen LogP contribution in [0.5, 0.6) is 0 Å². The number of carbonyl (C=O) groups excluding carboxylic acids is 1. The lowest BCUT2D eigenvalue weighted by Crippen LogP contribution is -2.01. The summed E-state index contributed by atoms with van der Waals surface area (Å²) in [7, 11) is 0. The number of hydrogen-bond donors (Lipinski definition) is 1. The zero-order valence-corrected chi connectivity index (χ0v) is 15.6. The number of hydrogen-bond acceptors (Lipinski definition) is 2. The Morgan fingerprint density at radius 2 is 1.48 bits per heavy atom. The monoisotopic (exact) mass is 407 g/mol. The Balaban J connectivity index is 1.95. The molecule has 0 spiro atoms. The van der Waals surface area contributed by atoms with Gasteiger partial charge in [-0.1, -0.05) is 66.7 Å². The molecular weight excluding hydrogens is 394 g/mol. The van der Waals surface area contributed by atoms with Crippen LogP contribution in [0.2, 0.25) is 0 Å². The maximum absolute atomic E-state index is 13.1. The third kappa shape index (κ3) is 2.99. The molecule has 2 aromatic heterocycles. The highest BCUT2D eigenvalue weighted by atomic mass is 79.9. The van der Waals surface area contributed by atoms with Gasteiger partial charge in [0.15, 0.2) is 0 Å². The second kappa shape index (κ2) is 6.82. The highest BCUT2D eigenvalue weighted by Crippen LogP contribution is 2.40. The van der Waals surface area contributed by atoms with Crippen LogP contribution in [-0.4, -0.2) is 10.8 Å². The molecule has 2 nitrogen and oxygen atoms in total. The third-order valence-corrected chi connectivity index (χ3v) is 5.70. The van der Waals surface area contributed by atoms with E-state index in [-0.39, 0.29) is 5.78 Å². The van der Waals surface area contributed by atoms with Crippen molar-refractivity contribution >= 4 is 33.0 Å². The number of nitrogens with one attached hydrogen (secondary N) is 1. The van der Waals surface area contributed by atoms with Crippen molar-refractivity contribution in [2.75, 3.05) is 0 Å². The van der Waals surface area contributed by atoms with Gasteiger partial charge in [0.1, 0.15) is 0 Å². The van der Waals surface area contributed by atoms with E-state index in [1.54, 1.807) is 0 Å². The van der Waals surface area contributed by atoms with Crippen LogP contribution in [0.4, 0.5) is 0 Å². The molecule has 2 heterocycles. The summed E-state index contributed by atoms with van der Waals surface area (Å²) < 4.78 is 0.907. The summed E-state index contributed by atoms with van der Waals surface area (Å²) in [6, 6.07) is 23.8. The van der Waals surface area contributed by atoms with Gasteiger partial charge in [-0.2, -0.15) is 0 Å². The fourth-order valence-electron chi connectivity index (χ4n) is 2.86. The van der Waals surface area contributed by atoms with Crippen molar-refractivity contribution in [2.45, 2.75) is 0 Å². The second-order valence-corrected chi connectivity index (χ2v) is 7.34. The molecular formula is C21H14BrNOS. The molecule has 25 heavy (non-hydrogen) atoms. The Bertz CT molecular complexity index is 1010. The molecule has 0 radical (unpaired) electrons. The van der Waals surface area contributed by atoms with E-state index in [2.05, 4.69) is 20.9 Å². The van der Waals surface area contributed by atoms with Crippen LogP contribution in [0.25, 0.3) is 22.4 Å². The molecule has 4 heteroatoms. The van der Waals surface area contributed by atoms with Gasteiger partial charge in [0.05, 0.1) is 20.7 Å². The summed E-state index contributed by atoms with van der Waals surface area (Å²) in [5, 5.41) is 1.92. The minimum atomic E-state index is 0.0109. The number of aromatic amines is 1. The van der Waals surface area contributed by atoms with Crippen molar-refractivity contribution < 1.29 is 4.79 Å². The van der Waals surface area contributed by atoms with Crippen LogP contribution in [0.3, 0.4) is 0 Å². The van der Waals surface area contributed by atoms with Crippen molar-refractivity contribution in [3.63, 3.8) is 0 Å². The van der Waals surface area contributed by atoms with Gasteiger partial charge >= 0.3 is 0 Å². The summed E-state index contributed by atoms with van der Waals surface area (Å²) in [6.45, 7) is 0. The molecule has 0 aliphatic heterocycles. The van der Waals surface area contributed by atoms with Gasteiger partial charge in [-0.15, -0.1) is 11.3 Å². The van der Waals surface area contributed by atoms with Crippen molar-refractivity contribution in [3.05, 3.63) is 93.2 Å². The Hall–Kier alpha value is -2.43. The van der Waals surface area contributed by atoms with Gasteiger partial charge in [-0.25, -0.2) is 0 Å². The van der Waals surface area contributed by atoms with Gasteiger partial charge in [0.2, 0.25) is 5.78 Å². The molecule has 2 aromatic carbocycles. The summed E-state index contributed by atoms with van der Waals surface area (Å²) in [5.41, 5.74) is 4.47. The van der Waals surface area contributed by atoms with Crippen LogP contribution >= 0.6 is 27.3 Å². The lowest BCUT2D eigenvalue weighted by Gasteiger charge is -2.04. The summed E-state index contributed by atoms with van der Waals surface area (Å²) in [6.07, 6.45) is 0. The maximum atomic E-state index is 13.1. The first-order valence-corrected chi connectivity index (χ1v) is 9.53. The second-order valence-electron chi connectivity index (χ2n) is 5.60. The number of carbonyl (C=O) groups is 1. The molecule has 1 N–H and O–H groups in total. The molecule has 0 fully saturated rings. The highest BCUT2D eigenvalue weighted by Gasteiger charge is 2.24. The van der Waals surface area contributed by atoms with E-state index in [0.29, 0.717) is 5.69 Å². The van der Waals surface area contributed by atoms with Gasteiger partial charge in [-0.3, -0.25) is 4.79 Å². The van der Waals surface area contributed by atoms with E-state index in [0.717, 1.165) is 31.7 Å². The number of ketones is 1. The fraction of sp³-hybridized carbons (Fsp3) is 0. The van der Waals surface area contributed by atoms with Crippen molar-refractivity contribution in [3.8, 4) is 22.4 Å². The normalized spacial score (nSPS) is 10.8. The first-order valence-electron chi connectivity index (χ1n) is 7.86. The zero-order valence-electron chi connectivity index (χ0n) is 13.2. The van der Waals surface area contributed by atoms with Gasteiger partial charge in [-0.05, 0) is 38.5 Å². The standard InChI is InChI=1S/C21H14BrNOS/c22-18-17(14-8-3-1-4-9-14)20(21(24)16-12-7-13-25-16)23-19(18)15-10-5-2-6-11-15/h1-13,23H. The molecule has 0 amide bonds. The molecule has 0 aliphatic carbocycles. The van der Waals surface area contributed by atoms with Crippen molar-refractivity contribution in [1.82, 2.24) is 4.98 Å². The number of thiophene rings is 1. The van der Waals surface area contributed by atoms with E-state index in [1.807, 2.05) is 78.2 Å². The average molecular weight is 408 g/mol. The number of benzene rings is 2. The van der Waals surface area contributed by atoms with Gasteiger partial charge in [0, 0.05) is 5.56 Å². The quantitative estimate of drug-likeness (QED) is 0.389. The van der Waals surface area contributed by atoms with Crippen LogP contribution in [0.1, 0.15) is 15.4 Å². The van der Waals surface area contributed by atoms with E-state index in [1.165, 1.54) is 11.3 Å². The number of aromatic nitrogens is 1. The predicted molar refractivity (Wildman–Crippen MR) is 107 cm³/mol. The predicted octanol–water partition coefficient (Wildman–Crippen LogP) is 6.40. The van der Waals surface area contributed by atoms with E-state index >= 15 is 0 Å². The lowest BCUT2D eigenvalue weighted by molar-refractivity contribution is 0.103. The molecule has 0 saturated heterocycles. The highest BCUT2D eigenvalue weighted by molar-refractivity contribution is 9.10. The molecule has 0 atom stereocenters. The number of rotatable bonds is 4. The summed E-state index contributed by atoms with van der Waals surface area (Å²) in [5.74, 6) is 0.0109. The van der Waals surface area contributed by atoms with Crippen molar-refractivity contribution in [2.24, 2.45) is 0 Å². The van der Waals surface area contributed by atoms with Gasteiger partial charge in [0.25, 0.3) is 0 Å². The molecule has 4 rings (SSSR count). The third-order valence-electron chi connectivity index (χ3n) is 4.04. The van der Waals surface area contributed by atoms with E-state index in [9.17, 15) is 4.79 Å². The molecule has 122 valence electrons. The van der Waals surface area contributed by atoms with Gasteiger partial charge < -0.3 is 4.98 Å². The largest absolute Gasteiger partial charge is 0.350 e. The van der Waals surface area contributed by atoms with Crippen LogP contribution < -0.4 is 0 Å². The minimum absolute atomic E-state index is 0.0109. The Morgan fingerprint density at radius 1 is 0.840 bits per heavy atom. The topological polar surface area (TPSA) is 32.9 Å². The smallest absolute Gasteiger partial charge is 0.219 e. The summed E-state index contributed by atoms with van der Waals surface area (Å²) >= 11 is 5.18. The molecule has 0 aliphatic rings. The van der Waals surface area contributed by atoms with Crippen LogP contribution in [-0.2, 0) is 0 Å². The Kier molecular flexibility index (Phi) is 4.38. The number of H-pyrrole nitrogens is 1. The minimum Gasteiger partial charge on any atom is -0.350 e. The molecule has 4 aromatic rings. The fourth-order valence-corrected chi connectivity index (χ4v) is 4.28.